The summed E-state index contributed by atoms with van der Waals surface area (Å²) >= 11 is 0. The zero-order valence-electron chi connectivity index (χ0n) is 15.1. The molecule has 0 aliphatic carbocycles. The van der Waals surface area contributed by atoms with Crippen LogP contribution in [0.1, 0.15) is 54.4 Å². The Morgan fingerprint density at radius 3 is 2.17 bits per heavy atom. The van der Waals surface area contributed by atoms with Crippen molar-refractivity contribution in [1.82, 2.24) is 10.6 Å². The molecule has 0 radical (unpaired) electrons. The molecule has 0 heterocycles. The molecule has 2 amide bonds. The van der Waals surface area contributed by atoms with Crippen LogP contribution in [0.15, 0.2) is 0 Å². The number of nitrogens with two attached hydrogens (primary N) is 1. The molecule has 0 saturated carbocycles. The lowest BCUT2D eigenvalue weighted by Gasteiger charge is -2.20. The lowest BCUT2D eigenvalue weighted by atomic mass is 10.0. The Morgan fingerprint density at radius 2 is 1.70 bits per heavy atom. The summed E-state index contributed by atoms with van der Waals surface area (Å²) in [5.41, 5.74) is 5.18. The minimum absolute atomic E-state index is 0.0379. The lowest BCUT2D eigenvalue weighted by molar-refractivity contribution is -0.124. The van der Waals surface area contributed by atoms with Crippen molar-refractivity contribution in [2.45, 2.75) is 72.1 Å². The molecule has 23 heavy (non-hydrogen) atoms. The van der Waals surface area contributed by atoms with Crippen molar-refractivity contribution in [3.8, 4) is 0 Å². The number of amides is 2. The Balaban J connectivity index is 4.02. The maximum atomic E-state index is 11.8. The van der Waals surface area contributed by atoms with Gasteiger partial charge in [-0.2, -0.15) is 0 Å². The molecule has 0 fully saturated rings. The van der Waals surface area contributed by atoms with E-state index < -0.39 is 17.7 Å². The molecule has 0 aromatic carbocycles. The molecule has 0 unspecified atom stereocenters. The number of alkyl carbamates (subject to hydrolysis) is 1. The molecule has 0 saturated heterocycles. The highest BCUT2D eigenvalue weighted by Gasteiger charge is 2.20. The predicted octanol–water partition coefficient (Wildman–Crippen LogP) is 1.35. The third kappa shape index (κ3) is 10.7. The highest BCUT2D eigenvalue weighted by Crippen LogP contribution is 2.06. The van der Waals surface area contributed by atoms with E-state index in [0.717, 1.165) is 0 Å². The number of ketones is 1. The Morgan fingerprint density at radius 1 is 1.13 bits per heavy atom. The van der Waals surface area contributed by atoms with Gasteiger partial charge in [-0.25, -0.2) is 4.79 Å². The van der Waals surface area contributed by atoms with Crippen LogP contribution in [-0.2, 0) is 14.3 Å². The number of rotatable bonds is 8. The van der Waals surface area contributed by atoms with Gasteiger partial charge in [-0.15, -0.1) is 0 Å². The van der Waals surface area contributed by atoms with Crippen molar-refractivity contribution in [2.24, 2.45) is 11.7 Å². The quantitative estimate of drug-likeness (QED) is 0.622. The second kappa shape index (κ2) is 9.50. The summed E-state index contributed by atoms with van der Waals surface area (Å²) in [6.45, 7) is 11.0. The van der Waals surface area contributed by atoms with Crippen molar-refractivity contribution >= 4 is 17.8 Å². The van der Waals surface area contributed by atoms with E-state index in [1.165, 1.54) is 0 Å². The topological polar surface area (TPSA) is 111 Å². The molecule has 2 atom stereocenters. The number of ether oxygens (including phenoxy) is 1. The van der Waals surface area contributed by atoms with E-state index in [9.17, 15) is 14.4 Å². The third-order valence-electron chi connectivity index (χ3n) is 3.02. The monoisotopic (exact) mass is 329 g/mol. The standard InChI is InChI=1S/C16H31N3O4/c1-10(2)13(17)14(21)19-11(3)9-12(20)7-8-18-15(22)23-16(4,5)6/h10-11,13H,7-9,17H2,1-6H3,(H,18,22)(H,19,21)/t11-,13-/m0/s1. The fraction of sp³-hybridized carbons (Fsp3) is 0.812. The second-order valence-electron chi connectivity index (χ2n) is 7.10. The average molecular weight is 329 g/mol. The van der Waals surface area contributed by atoms with Crippen LogP contribution in [0.2, 0.25) is 0 Å². The Hall–Kier alpha value is -1.63. The molecule has 0 rings (SSSR count). The van der Waals surface area contributed by atoms with E-state index in [1.807, 2.05) is 13.8 Å². The maximum absolute atomic E-state index is 11.8. The van der Waals surface area contributed by atoms with Crippen molar-refractivity contribution in [2.75, 3.05) is 6.54 Å². The van der Waals surface area contributed by atoms with Gasteiger partial charge in [0.25, 0.3) is 0 Å². The number of Topliss-reactive ketones (excluding diaryl/α,β-unsaturated/α-hetero) is 1. The van der Waals surface area contributed by atoms with Crippen LogP contribution in [0, 0.1) is 5.92 Å². The molecule has 0 aromatic rings. The number of carbonyl (C=O) groups is 3. The van der Waals surface area contributed by atoms with Gasteiger partial charge >= 0.3 is 6.09 Å². The zero-order valence-corrected chi connectivity index (χ0v) is 15.1. The molecule has 0 bridgehead atoms. The minimum atomic E-state index is -0.582. The van der Waals surface area contributed by atoms with Crippen LogP contribution in [0.3, 0.4) is 0 Å². The summed E-state index contributed by atoms with van der Waals surface area (Å²) in [5.74, 6) is -0.268. The Labute approximate surface area is 138 Å². The van der Waals surface area contributed by atoms with Crippen molar-refractivity contribution in [1.29, 1.82) is 0 Å². The van der Waals surface area contributed by atoms with Crippen LogP contribution in [0.5, 0.6) is 0 Å². The SMILES string of the molecule is CC(C)[C@H](N)C(=O)N[C@@H](C)CC(=O)CCNC(=O)OC(C)(C)C. The van der Waals surface area contributed by atoms with Gasteiger partial charge in [0.2, 0.25) is 5.91 Å². The smallest absolute Gasteiger partial charge is 0.407 e. The second-order valence-corrected chi connectivity index (χ2v) is 7.10. The summed E-state index contributed by atoms with van der Waals surface area (Å²) in [6.07, 6.45) is -0.156. The third-order valence-corrected chi connectivity index (χ3v) is 3.02. The van der Waals surface area contributed by atoms with Crippen LogP contribution in [0.25, 0.3) is 0 Å². The number of nitrogens with one attached hydrogen (secondary N) is 2. The largest absolute Gasteiger partial charge is 0.444 e. The first-order chi connectivity index (χ1) is 10.4. The summed E-state index contributed by atoms with van der Waals surface area (Å²) in [7, 11) is 0. The molecule has 7 nitrogen and oxygen atoms in total. The van der Waals surface area contributed by atoms with Gasteiger partial charge in [-0.3, -0.25) is 9.59 Å². The van der Waals surface area contributed by atoms with E-state index in [2.05, 4.69) is 10.6 Å². The van der Waals surface area contributed by atoms with Gasteiger partial charge in [-0.05, 0) is 33.6 Å². The average Bonchev–Trinajstić information content (AvgIpc) is 2.34. The molecule has 4 N–H and O–H groups in total. The minimum Gasteiger partial charge on any atom is -0.444 e. The van der Waals surface area contributed by atoms with Crippen LogP contribution in [0.4, 0.5) is 4.79 Å². The van der Waals surface area contributed by atoms with E-state index in [-0.39, 0.29) is 43.0 Å². The number of hydrogen-bond acceptors (Lipinski definition) is 5. The summed E-state index contributed by atoms with van der Waals surface area (Å²) in [5, 5.41) is 5.25. The molecule has 134 valence electrons. The predicted molar refractivity (Wildman–Crippen MR) is 88.9 cm³/mol. The normalized spacial score (nSPS) is 14.1. The molecule has 0 aromatic heterocycles. The van der Waals surface area contributed by atoms with Gasteiger partial charge in [0.05, 0.1) is 6.04 Å². The van der Waals surface area contributed by atoms with Crippen LogP contribution in [-0.4, -0.2) is 42.0 Å². The molecule has 0 spiro atoms. The first-order valence-electron chi connectivity index (χ1n) is 7.97. The van der Waals surface area contributed by atoms with Gasteiger partial charge in [0.15, 0.2) is 0 Å². The lowest BCUT2D eigenvalue weighted by Crippen LogP contribution is -2.47. The van der Waals surface area contributed by atoms with E-state index >= 15 is 0 Å². The van der Waals surface area contributed by atoms with E-state index in [4.69, 9.17) is 10.5 Å². The van der Waals surface area contributed by atoms with Crippen LogP contribution < -0.4 is 16.4 Å². The summed E-state index contributed by atoms with van der Waals surface area (Å²) in [4.78, 5) is 35.1. The Kier molecular flexibility index (Phi) is 8.82. The van der Waals surface area contributed by atoms with Gasteiger partial charge in [0, 0.05) is 25.4 Å². The first kappa shape index (κ1) is 21.4. The summed E-state index contributed by atoms with van der Waals surface area (Å²) in [6, 6.07) is -0.872. The number of carbonyl (C=O) groups excluding carboxylic acids is 3. The summed E-state index contributed by atoms with van der Waals surface area (Å²) < 4.78 is 5.07. The molecule has 7 heteroatoms. The molecular formula is C16H31N3O4. The fourth-order valence-electron chi connectivity index (χ4n) is 1.75. The highest BCUT2D eigenvalue weighted by molar-refractivity contribution is 5.84. The molecular weight excluding hydrogens is 298 g/mol. The Bertz CT molecular complexity index is 416. The van der Waals surface area contributed by atoms with Crippen LogP contribution >= 0.6 is 0 Å². The maximum Gasteiger partial charge on any atom is 0.407 e. The van der Waals surface area contributed by atoms with Gasteiger partial charge < -0.3 is 21.1 Å². The van der Waals surface area contributed by atoms with E-state index in [0.29, 0.717) is 0 Å². The van der Waals surface area contributed by atoms with Crippen molar-refractivity contribution < 1.29 is 19.1 Å². The zero-order chi connectivity index (χ0) is 18.2. The number of hydrogen-bond donors (Lipinski definition) is 3. The van der Waals surface area contributed by atoms with Crippen molar-refractivity contribution in [3.05, 3.63) is 0 Å². The van der Waals surface area contributed by atoms with E-state index in [1.54, 1.807) is 27.7 Å². The fourth-order valence-corrected chi connectivity index (χ4v) is 1.75. The van der Waals surface area contributed by atoms with Gasteiger partial charge in [-0.1, -0.05) is 13.8 Å². The molecule has 0 aliphatic rings. The highest BCUT2D eigenvalue weighted by atomic mass is 16.6. The first-order valence-corrected chi connectivity index (χ1v) is 7.97. The van der Waals surface area contributed by atoms with Gasteiger partial charge in [0.1, 0.15) is 11.4 Å². The van der Waals surface area contributed by atoms with Crippen molar-refractivity contribution in [3.63, 3.8) is 0 Å². The molecule has 0 aliphatic heterocycles.